The molecular formula is C23H38FIN4O2. The molecule has 0 amide bonds. The molecule has 2 aliphatic rings. The molecule has 0 aromatic heterocycles. The Hall–Kier alpha value is -0.970. The minimum atomic E-state index is -0.901. The van der Waals surface area contributed by atoms with Crippen LogP contribution < -0.4 is 10.6 Å². The van der Waals surface area contributed by atoms with E-state index in [1.807, 2.05) is 26.0 Å². The smallest absolute Gasteiger partial charge is 0.191 e. The van der Waals surface area contributed by atoms with E-state index in [0.29, 0.717) is 19.0 Å². The zero-order valence-electron chi connectivity index (χ0n) is 18.8. The van der Waals surface area contributed by atoms with Crippen LogP contribution in [0.15, 0.2) is 29.3 Å². The number of benzene rings is 1. The molecule has 176 valence electrons. The van der Waals surface area contributed by atoms with Gasteiger partial charge in [-0.05, 0) is 44.4 Å². The van der Waals surface area contributed by atoms with E-state index in [0.717, 1.165) is 52.2 Å². The van der Waals surface area contributed by atoms with E-state index in [1.165, 1.54) is 18.4 Å². The van der Waals surface area contributed by atoms with Gasteiger partial charge >= 0.3 is 0 Å². The fraction of sp³-hybridized carbons (Fsp3) is 0.696. The molecule has 1 unspecified atom stereocenters. The molecule has 3 N–H and O–H groups in total. The summed E-state index contributed by atoms with van der Waals surface area (Å²) in [5.41, 5.74) is 0.283. The van der Waals surface area contributed by atoms with E-state index < -0.39 is 5.60 Å². The molecule has 1 aliphatic carbocycles. The molecule has 3 rings (SSSR count). The number of halogens is 2. The summed E-state index contributed by atoms with van der Waals surface area (Å²) in [4.78, 5) is 6.90. The van der Waals surface area contributed by atoms with Gasteiger partial charge in [0.05, 0.1) is 25.4 Å². The third-order valence-electron chi connectivity index (χ3n) is 6.20. The van der Waals surface area contributed by atoms with Crippen LogP contribution in [0.5, 0.6) is 0 Å². The Morgan fingerprint density at radius 1 is 1.19 bits per heavy atom. The number of nitrogens with zero attached hydrogens (tertiary/aromatic N) is 2. The summed E-state index contributed by atoms with van der Waals surface area (Å²) in [5.74, 6) is 0.519. The topological polar surface area (TPSA) is 69.1 Å². The Kier molecular flexibility index (Phi) is 10.4. The van der Waals surface area contributed by atoms with Crippen LogP contribution >= 0.6 is 24.0 Å². The van der Waals surface area contributed by atoms with E-state index >= 15 is 0 Å². The first-order chi connectivity index (χ1) is 14.4. The van der Waals surface area contributed by atoms with Gasteiger partial charge in [-0.2, -0.15) is 0 Å². The van der Waals surface area contributed by atoms with Gasteiger partial charge in [-0.1, -0.05) is 25.0 Å². The van der Waals surface area contributed by atoms with Gasteiger partial charge < -0.3 is 20.5 Å². The van der Waals surface area contributed by atoms with Crippen molar-refractivity contribution < 1.29 is 14.2 Å². The zero-order valence-corrected chi connectivity index (χ0v) is 21.2. The van der Waals surface area contributed by atoms with Crippen molar-refractivity contribution in [2.24, 2.45) is 4.99 Å². The van der Waals surface area contributed by atoms with Crippen LogP contribution in [0.1, 0.15) is 45.1 Å². The molecule has 1 heterocycles. The van der Waals surface area contributed by atoms with Crippen molar-refractivity contribution in [1.82, 2.24) is 15.5 Å². The zero-order chi connectivity index (χ0) is 21.5. The summed E-state index contributed by atoms with van der Waals surface area (Å²) in [5, 5.41) is 17.6. The fourth-order valence-electron chi connectivity index (χ4n) is 4.56. The van der Waals surface area contributed by atoms with E-state index in [9.17, 15) is 9.50 Å². The molecule has 8 heteroatoms. The fourth-order valence-corrected chi connectivity index (χ4v) is 4.56. The Morgan fingerprint density at radius 3 is 2.45 bits per heavy atom. The van der Waals surface area contributed by atoms with Crippen LogP contribution in [0, 0.1) is 5.82 Å². The van der Waals surface area contributed by atoms with Crippen LogP contribution in [-0.4, -0.2) is 74.0 Å². The average molecular weight is 548 g/mol. The summed E-state index contributed by atoms with van der Waals surface area (Å²) < 4.78 is 18.8. The Morgan fingerprint density at radius 2 is 1.84 bits per heavy atom. The lowest BCUT2D eigenvalue weighted by molar-refractivity contribution is -0.0180. The van der Waals surface area contributed by atoms with Crippen molar-refractivity contribution in [2.45, 2.75) is 50.5 Å². The average Bonchev–Trinajstić information content (AvgIpc) is 3.21. The van der Waals surface area contributed by atoms with Gasteiger partial charge in [-0.3, -0.25) is 9.89 Å². The highest BCUT2D eigenvalue weighted by atomic mass is 127. The highest BCUT2D eigenvalue weighted by Crippen LogP contribution is 2.40. The quantitative estimate of drug-likeness (QED) is 0.265. The van der Waals surface area contributed by atoms with E-state index in [4.69, 9.17) is 4.74 Å². The summed E-state index contributed by atoms with van der Waals surface area (Å²) in [6, 6.07) is 6.94. The number of rotatable bonds is 8. The minimum absolute atomic E-state index is 0. The largest absolute Gasteiger partial charge is 0.387 e. The number of aliphatic imine (C=N–C) groups is 1. The van der Waals surface area contributed by atoms with Crippen molar-refractivity contribution in [3.63, 3.8) is 0 Å². The molecule has 0 spiro atoms. The number of guanidine groups is 1. The van der Waals surface area contributed by atoms with Gasteiger partial charge in [-0.25, -0.2) is 4.39 Å². The van der Waals surface area contributed by atoms with Gasteiger partial charge in [-0.15, -0.1) is 24.0 Å². The molecule has 0 radical (unpaired) electrons. The van der Waals surface area contributed by atoms with Crippen LogP contribution in [-0.2, 0) is 10.2 Å². The number of ether oxygens (including phenoxy) is 1. The van der Waals surface area contributed by atoms with E-state index in [2.05, 4.69) is 20.5 Å². The molecule has 1 aliphatic heterocycles. The number of nitrogens with one attached hydrogen (secondary N) is 2. The normalized spacial score (nSPS) is 21.2. The first-order valence-corrected chi connectivity index (χ1v) is 11.2. The number of β-amino-alcohol motifs (C(OH)–C–C–N with tert-alkyl or cyclic N) is 1. The number of aliphatic hydroxyl groups is 1. The number of hydrogen-bond donors (Lipinski definition) is 3. The highest BCUT2D eigenvalue weighted by molar-refractivity contribution is 14.0. The van der Waals surface area contributed by atoms with Crippen molar-refractivity contribution in [2.75, 3.05) is 52.5 Å². The Labute approximate surface area is 203 Å². The standard InChI is InChI=1S/C23H37FN4O2.HI/c1-3-25-21(26-16-22(2,29)18-28-12-14-30-15-13-28)27-17-23(10-4-5-11-23)19-6-8-20(24)9-7-19;/h6-9,29H,3-5,10-18H2,1-2H3,(H2,25,26,27);1H. The van der Waals surface area contributed by atoms with Gasteiger partial charge in [0.15, 0.2) is 5.96 Å². The van der Waals surface area contributed by atoms with E-state index in [1.54, 1.807) is 12.1 Å². The van der Waals surface area contributed by atoms with Crippen LogP contribution in [0.4, 0.5) is 4.39 Å². The summed E-state index contributed by atoms with van der Waals surface area (Å²) in [7, 11) is 0. The lowest BCUT2D eigenvalue weighted by Crippen LogP contribution is -2.49. The molecule has 1 atom stereocenters. The lowest BCUT2D eigenvalue weighted by Gasteiger charge is -2.33. The number of hydrogen-bond acceptors (Lipinski definition) is 4. The summed E-state index contributed by atoms with van der Waals surface area (Å²) in [6.45, 7) is 9.40. The molecule has 2 fully saturated rings. The molecule has 1 saturated carbocycles. The molecular weight excluding hydrogens is 510 g/mol. The minimum Gasteiger partial charge on any atom is -0.387 e. The second-order valence-electron chi connectivity index (χ2n) is 8.93. The molecule has 6 nitrogen and oxygen atoms in total. The Bertz CT molecular complexity index is 687. The van der Waals surface area contributed by atoms with Crippen molar-refractivity contribution >= 4 is 29.9 Å². The second-order valence-corrected chi connectivity index (χ2v) is 8.93. The predicted octanol–water partition coefficient (Wildman–Crippen LogP) is 2.89. The van der Waals surface area contributed by atoms with Crippen molar-refractivity contribution in [3.05, 3.63) is 35.6 Å². The van der Waals surface area contributed by atoms with Gasteiger partial charge in [0.1, 0.15) is 5.82 Å². The van der Waals surface area contributed by atoms with Crippen molar-refractivity contribution in [1.29, 1.82) is 0 Å². The number of morpholine rings is 1. The van der Waals surface area contributed by atoms with Crippen LogP contribution in [0.25, 0.3) is 0 Å². The monoisotopic (exact) mass is 548 g/mol. The third kappa shape index (κ3) is 7.83. The van der Waals surface area contributed by atoms with Crippen molar-refractivity contribution in [3.8, 4) is 0 Å². The first-order valence-electron chi connectivity index (χ1n) is 11.2. The highest BCUT2D eigenvalue weighted by Gasteiger charge is 2.35. The SMILES string of the molecule is CCNC(=NCC(C)(O)CN1CCOCC1)NCC1(c2ccc(F)cc2)CCCC1.I. The maximum absolute atomic E-state index is 13.4. The van der Waals surface area contributed by atoms with Crippen LogP contribution in [0.2, 0.25) is 0 Å². The van der Waals surface area contributed by atoms with E-state index in [-0.39, 0.29) is 35.2 Å². The summed E-state index contributed by atoms with van der Waals surface area (Å²) >= 11 is 0. The molecule has 1 saturated heterocycles. The maximum Gasteiger partial charge on any atom is 0.191 e. The third-order valence-corrected chi connectivity index (χ3v) is 6.20. The van der Waals surface area contributed by atoms with Gasteiger partial charge in [0.2, 0.25) is 0 Å². The van der Waals surface area contributed by atoms with Gasteiger partial charge in [0.25, 0.3) is 0 Å². The lowest BCUT2D eigenvalue weighted by atomic mass is 9.79. The van der Waals surface area contributed by atoms with Crippen LogP contribution in [0.3, 0.4) is 0 Å². The molecule has 0 bridgehead atoms. The Balaban J connectivity index is 0.00000341. The molecule has 1 aromatic rings. The molecule has 31 heavy (non-hydrogen) atoms. The van der Waals surface area contributed by atoms with Gasteiger partial charge in [0, 0.05) is 38.1 Å². The predicted molar refractivity (Wildman–Crippen MR) is 134 cm³/mol. The maximum atomic E-state index is 13.4. The second kappa shape index (κ2) is 12.3. The molecule has 1 aromatic carbocycles. The first kappa shape index (κ1) is 26.3. The summed E-state index contributed by atoms with van der Waals surface area (Å²) in [6.07, 6.45) is 4.53.